The molecule has 1 aromatic rings. The van der Waals surface area contributed by atoms with Crippen LogP contribution in [0.1, 0.15) is 25.3 Å². The van der Waals surface area contributed by atoms with E-state index in [0.717, 1.165) is 18.4 Å². The van der Waals surface area contributed by atoms with Gasteiger partial charge < -0.3 is 24.8 Å². The van der Waals surface area contributed by atoms with Gasteiger partial charge in [-0.05, 0) is 43.9 Å². The molecule has 2 amide bonds. The van der Waals surface area contributed by atoms with Crippen molar-refractivity contribution in [1.82, 2.24) is 10.2 Å². The van der Waals surface area contributed by atoms with Crippen LogP contribution in [-0.4, -0.2) is 55.9 Å². The minimum Gasteiger partial charge on any atom is -0.493 e. The quantitative estimate of drug-likeness (QED) is 0.736. The van der Waals surface area contributed by atoms with Crippen LogP contribution in [0.3, 0.4) is 0 Å². The van der Waals surface area contributed by atoms with Crippen LogP contribution in [0.15, 0.2) is 18.2 Å². The molecule has 1 unspecified atom stereocenters. The maximum absolute atomic E-state index is 12.1. The van der Waals surface area contributed by atoms with E-state index in [1.165, 1.54) is 0 Å². The number of nitrogens with zero attached hydrogens (tertiary/aromatic N) is 1. The summed E-state index contributed by atoms with van der Waals surface area (Å²) in [6.07, 6.45) is 2.07. The summed E-state index contributed by atoms with van der Waals surface area (Å²) in [5.41, 5.74) is 0.267. The van der Waals surface area contributed by atoms with E-state index in [1.54, 1.807) is 26.0 Å². The Hall–Kier alpha value is -2.44. The number of aryl methyl sites for hydroxylation is 1. The number of ether oxygens (including phenoxy) is 2. The standard InChI is InChI=1S/C18H26N2O5/c1-18(16(21)22)8-10-20(12-18)17(23)19-9-4-5-13-6-7-14(24-2)15(11-13)25-3/h6-7,11H,4-5,8-10,12H2,1-3H3,(H,19,23)(H,21,22). The van der Waals surface area contributed by atoms with E-state index >= 15 is 0 Å². The van der Waals surface area contributed by atoms with Crippen molar-refractivity contribution < 1.29 is 24.2 Å². The third kappa shape index (κ3) is 4.55. The average molecular weight is 350 g/mol. The molecular formula is C18H26N2O5. The van der Waals surface area contributed by atoms with E-state index in [-0.39, 0.29) is 12.6 Å². The number of benzene rings is 1. The van der Waals surface area contributed by atoms with Crippen molar-refractivity contribution in [3.8, 4) is 11.5 Å². The van der Waals surface area contributed by atoms with Crippen LogP contribution in [0.2, 0.25) is 0 Å². The lowest BCUT2D eigenvalue weighted by molar-refractivity contribution is -0.147. The Morgan fingerprint density at radius 2 is 2.00 bits per heavy atom. The van der Waals surface area contributed by atoms with Gasteiger partial charge in [0.2, 0.25) is 0 Å². The van der Waals surface area contributed by atoms with Gasteiger partial charge in [0.05, 0.1) is 19.6 Å². The van der Waals surface area contributed by atoms with Crippen molar-refractivity contribution in [3.63, 3.8) is 0 Å². The number of carboxylic acid groups (broad SMARTS) is 1. The van der Waals surface area contributed by atoms with E-state index in [4.69, 9.17) is 9.47 Å². The lowest BCUT2D eigenvalue weighted by Gasteiger charge is -2.20. The maximum Gasteiger partial charge on any atom is 0.317 e. The molecule has 0 spiro atoms. The smallest absolute Gasteiger partial charge is 0.317 e. The number of methoxy groups -OCH3 is 2. The van der Waals surface area contributed by atoms with E-state index < -0.39 is 11.4 Å². The normalized spacial score (nSPS) is 19.6. The van der Waals surface area contributed by atoms with E-state index in [1.807, 2.05) is 18.2 Å². The Morgan fingerprint density at radius 1 is 1.28 bits per heavy atom. The largest absolute Gasteiger partial charge is 0.493 e. The second-order valence-corrected chi connectivity index (χ2v) is 6.56. The van der Waals surface area contributed by atoms with Gasteiger partial charge in [-0.25, -0.2) is 4.79 Å². The zero-order valence-corrected chi connectivity index (χ0v) is 15.0. The van der Waals surface area contributed by atoms with Crippen molar-refractivity contribution in [3.05, 3.63) is 23.8 Å². The molecule has 2 N–H and O–H groups in total. The van der Waals surface area contributed by atoms with Crippen LogP contribution < -0.4 is 14.8 Å². The molecule has 1 aliphatic rings. The number of amides is 2. The van der Waals surface area contributed by atoms with Gasteiger partial charge in [0.25, 0.3) is 0 Å². The number of carbonyl (C=O) groups excluding carboxylic acids is 1. The molecule has 1 saturated heterocycles. The number of urea groups is 1. The molecule has 0 radical (unpaired) electrons. The Bertz CT molecular complexity index is 634. The summed E-state index contributed by atoms with van der Waals surface area (Å²) < 4.78 is 10.5. The monoisotopic (exact) mass is 350 g/mol. The van der Waals surface area contributed by atoms with Crippen LogP contribution >= 0.6 is 0 Å². The number of aliphatic carboxylic acids is 1. The van der Waals surface area contributed by atoms with Gasteiger partial charge in [0, 0.05) is 19.6 Å². The Balaban J connectivity index is 1.76. The second-order valence-electron chi connectivity index (χ2n) is 6.56. The first-order valence-corrected chi connectivity index (χ1v) is 8.36. The van der Waals surface area contributed by atoms with Gasteiger partial charge in [-0.3, -0.25) is 4.79 Å². The van der Waals surface area contributed by atoms with Crippen molar-refractivity contribution >= 4 is 12.0 Å². The van der Waals surface area contributed by atoms with Crippen LogP contribution in [0.25, 0.3) is 0 Å². The highest BCUT2D eigenvalue weighted by atomic mass is 16.5. The fraction of sp³-hybridized carbons (Fsp3) is 0.556. The molecule has 7 heteroatoms. The molecule has 2 rings (SSSR count). The third-order valence-electron chi connectivity index (χ3n) is 4.64. The average Bonchev–Trinajstić information content (AvgIpc) is 3.02. The molecule has 1 fully saturated rings. The zero-order chi connectivity index (χ0) is 18.4. The number of rotatable bonds is 7. The summed E-state index contributed by atoms with van der Waals surface area (Å²) >= 11 is 0. The fourth-order valence-electron chi connectivity index (χ4n) is 2.94. The fourth-order valence-corrected chi connectivity index (χ4v) is 2.94. The van der Waals surface area contributed by atoms with Crippen molar-refractivity contribution in [2.24, 2.45) is 5.41 Å². The molecule has 1 aromatic carbocycles. The Kier molecular flexibility index (Phi) is 6.12. The van der Waals surface area contributed by atoms with E-state index in [0.29, 0.717) is 31.0 Å². The minimum atomic E-state index is -0.851. The topological polar surface area (TPSA) is 88.1 Å². The first-order valence-electron chi connectivity index (χ1n) is 8.36. The summed E-state index contributed by atoms with van der Waals surface area (Å²) in [5.74, 6) is 0.528. The summed E-state index contributed by atoms with van der Waals surface area (Å²) in [5, 5.41) is 12.1. The number of carboxylic acids is 1. The Labute approximate surface area is 147 Å². The van der Waals surface area contributed by atoms with Crippen LogP contribution in [0, 0.1) is 5.41 Å². The predicted octanol–water partition coefficient (Wildman–Crippen LogP) is 2.14. The number of nitrogens with one attached hydrogen (secondary N) is 1. The Morgan fingerprint density at radius 3 is 2.60 bits per heavy atom. The summed E-state index contributed by atoms with van der Waals surface area (Å²) in [7, 11) is 3.20. The number of hydrogen-bond donors (Lipinski definition) is 2. The highest BCUT2D eigenvalue weighted by molar-refractivity contribution is 5.79. The number of carbonyl (C=O) groups is 2. The number of hydrogen-bond acceptors (Lipinski definition) is 4. The molecule has 0 saturated carbocycles. The first-order chi connectivity index (χ1) is 11.9. The molecule has 7 nitrogen and oxygen atoms in total. The highest BCUT2D eigenvalue weighted by Crippen LogP contribution is 2.30. The van der Waals surface area contributed by atoms with Gasteiger partial charge in [-0.15, -0.1) is 0 Å². The van der Waals surface area contributed by atoms with Crippen molar-refractivity contribution in [2.45, 2.75) is 26.2 Å². The molecular weight excluding hydrogens is 324 g/mol. The molecule has 1 aliphatic heterocycles. The van der Waals surface area contributed by atoms with Crippen LogP contribution in [-0.2, 0) is 11.2 Å². The van der Waals surface area contributed by atoms with E-state index in [2.05, 4.69) is 5.32 Å². The van der Waals surface area contributed by atoms with Gasteiger partial charge in [0.1, 0.15) is 0 Å². The first kappa shape index (κ1) is 18.9. The zero-order valence-electron chi connectivity index (χ0n) is 15.0. The predicted molar refractivity (Wildman–Crippen MR) is 93.2 cm³/mol. The lowest BCUT2D eigenvalue weighted by atomic mass is 9.90. The van der Waals surface area contributed by atoms with Crippen LogP contribution in [0.5, 0.6) is 11.5 Å². The lowest BCUT2D eigenvalue weighted by Crippen LogP contribution is -2.41. The highest BCUT2D eigenvalue weighted by Gasteiger charge is 2.42. The van der Waals surface area contributed by atoms with Gasteiger partial charge >= 0.3 is 12.0 Å². The van der Waals surface area contributed by atoms with Crippen molar-refractivity contribution in [2.75, 3.05) is 33.9 Å². The summed E-state index contributed by atoms with van der Waals surface area (Å²) in [6, 6.07) is 5.57. The summed E-state index contributed by atoms with van der Waals surface area (Å²) in [4.78, 5) is 24.9. The van der Waals surface area contributed by atoms with Gasteiger partial charge in [-0.1, -0.05) is 6.07 Å². The molecule has 138 valence electrons. The SMILES string of the molecule is COc1ccc(CCCNC(=O)N2CCC(C)(C(=O)O)C2)cc1OC. The van der Waals surface area contributed by atoms with Gasteiger partial charge in [0.15, 0.2) is 11.5 Å². The molecule has 0 aromatic heterocycles. The van der Waals surface area contributed by atoms with Crippen LogP contribution in [0.4, 0.5) is 4.79 Å². The molecule has 1 atom stereocenters. The second kappa shape index (κ2) is 8.09. The van der Waals surface area contributed by atoms with E-state index in [9.17, 15) is 14.7 Å². The minimum absolute atomic E-state index is 0.197. The maximum atomic E-state index is 12.1. The molecule has 1 heterocycles. The van der Waals surface area contributed by atoms with Crippen molar-refractivity contribution in [1.29, 1.82) is 0 Å². The van der Waals surface area contributed by atoms with Gasteiger partial charge in [-0.2, -0.15) is 0 Å². The molecule has 0 bridgehead atoms. The third-order valence-corrected chi connectivity index (χ3v) is 4.64. The summed E-state index contributed by atoms with van der Waals surface area (Å²) in [6.45, 7) is 2.95. The number of likely N-dealkylation sites (tertiary alicyclic amines) is 1. The molecule has 0 aliphatic carbocycles. The molecule has 25 heavy (non-hydrogen) atoms.